The van der Waals surface area contributed by atoms with Crippen LogP contribution in [0.25, 0.3) is 5.57 Å². The fourth-order valence-corrected chi connectivity index (χ4v) is 4.00. The maximum Gasteiger partial charge on any atom is 0.407 e. The minimum Gasteiger partial charge on any atom is -0.494 e. The topological polar surface area (TPSA) is 109 Å². The summed E-state index contributed by atoms with van der Waals surface area (Å²) in [5.41, 5.74) is 1.78. The summed E-state index contributed by atoms with van der Waals surface area (Å²) in [6.45, 7) is 2.20. The van der Waals surface area contributed by atoms with E-state index in [0.29, 0.717) is 23.1 Å². The molecule has 36 heavy (non-hydrogen) atoms. The normalized spacial score (nSPS) is 10.2. The quantitative estimate of drug-likeness (QED) is 0.250. The SMILES string of the molecule is CCOC(=O)NCCC=C(c1cc(Cl)c(OC)c(C(=O)OC)c1)c1cc(Cl)c(OC)c(C(=O)OC)c1. The first-order valence-corrected chi connectivity index (χ1v) is 11.5. The molecule has 0 saturated carbocycles. The Hall–Kier alpha value is -3.43. The van der Waals surface area contributed by atoms with E-state index in [-0.39, 0.29) is 45.8 Å². The van der Waals surface area contributed by atoms with Crippen LogP contribution in [-0.2, 0) is 14.2 Å². The van der Waals surface area contributed by atoms with Crippen LogP contribution < -0.4 is 14.8 Å². The molecular weight excluding hydrogens is 513 g/mol. The van der Waals surface area contributed by atoms with Gasteiger partial charge in [0.1, 0.15) is 11.1 Å². The Labute approximate surface area is 219 Å². The van der Waals surface area contributed by atoms with Gasteiger partial charge >= 0.3 is 18.0 Å². The van der Waals surface area contributed by atoms with Crippen molar-refractivity contribution in [3.8, 4) is 11.5 Å². The van der Waals surface area contributed by atoms with Gasteiger partial charge in [-0.25, -0.2) is 14.4 Å². The molecule has 0 saturated heterocycles. The van der Waals surface area contributed by atoms with Crippen LogP contribution in [0, 0.1) is 0 Å². The number of hydrogen-bond donors (Lipinski definition) is 1. The smallest absolute Gasteiger partial charge is 0.407 e. The molecule has 0 aliphatic rings. The van der Waals surface area contributed by atoms with Gasteiger partial charge < -0.3 is 29.0 Å². The summed E-state index contributed by atoms with van der Waals surface area (Å²) in [5, 5.41) is 2.96. The van der Waals surface area contributed by atoms with Crippen LogP contribution in [0.1, 0.15) is 45.2 Å². The third-order valence-corrected chi connectivity index (χ3v) is 5.53. The van der Waals surface area contributed by atoms with Crippen molar-refractivity contribution in [2.75, 3.05) is 41.6 Å². The molecule has 0 aliphatic heterocycles. The molecule has 0 unspecified atom stereocenters. The lowest BCUT2D eigenvalue weighted by atomic mass is 9.93. The highest BCUT2D eigenvalue weighted by atomic mass is 35.5. The van der Waals surface area contributed by atoms with Crippen LogP contribution in [0.2, 0.25) is 10.0 Å². The number of carbonyl (C=O) groups excluding carboxylic acids is 3. The van der Waals surface area contributed by atoms with E-state index in [2.05, 4.69) is 5.32 Å². The number of ether oxygens (including phenoxy) is 5. The van der Waals surface area contributed by atoms with Gasteiger partial charge in [-0.1, -0.05) is 29.3 Å². The van der Waals surface area contributed by atoms with Crippen molar-refractivity contribution in [1.29, 1.82) is 0 Å². The predicted octanol–water partition coefficient (Wildman–Crippen LogP) is 5.15. The van der Waals surface area contributed by atoms with Gasteiger partial charge in [0.25, 0.3) is 0 Å². The van der Waals surface area contributed by atoms with E-state index in [1.54, 1.807) is 37.3 Å². The van der Waals surface area contributed by atoms with Crippen LogP contribution in [0.3, 0.4) is 0 Å². The largest absolute Gasteiger partial charge is 0.494 e. The highest BCUT2D eigenvalue weighted by molar-refractivity contribution is 6.33. The standard InChI is InChI=1S/C25H27Cl2NO8/c1-6-36-25(31)28-9-7-8-16(14-10-17(23(29)34-4)21(32-2)19(26)12-14)15-11-18(24(30)35-5)22(33-3)20(27)13-15/h8,10-13H,6-7,9H2,1-5H3,(H,28,31). The Kier molecular flexibility index (Phi) is 10.9. The summed E-state index contributed by atoms with van der Waals surface area (Å²) in [6.07, 6.45) is 1.61. The Balaban J connectivity index is 2.69. The predicted molar refractivity (Wildman–Crippen MR) is 135 cm³/mol. The second kappa shape index (κ2) is 13.6. The first kappa shape index (κ1) is 28.8. The maximum atomic E-state index is 12.4. The van der Waals surface area contributed by atoms with E-state index in [0.717, 1.165) is 0 Å². The average molecular weight is 540 g/mol. The van der Waals surface area contributed by atoms with Crippen LogP contribution in [0.15, 0.2) is 30.3 Å². The highest BCUT2D eigenvalue weighted by Crippen LogP contribution is 2.38. The average Bonchev–Trinajstić information content (AvgIpc) is 2.86. The van der Waals surface area contributed by atoms with Crippen molar-refractivity contribution in [3.05, 3.63) is 62.6 Å². The number of halogens is 2. The molecule has 0 heterocycles. The zero-order chi connectivity index (χ0) is 26.8. The van der Waals surface area contributed by atoms with Crippen LogP contribution >= 0.6 is 23.2 Å². The van der Waals surface area contributed by atoms with E-state index >= 15 is 0 Å². The van der Waals surface area contributed by atoms with Gasteiger partial charge in [0.15, 0.2) is 11.5 Å². The Bertz CT molecular complexity index is 1090. The summed E-state index contributed by atoms with van der Waals surface area (Å²) in [6, 6.07) is 6.31. The number of hydrogen-bond acceptors (Lipinski definition) is 8. The highest BCUT2D eigenvalue weighted by Gasteiger charge is 2.22. The molecule has 1 amide bonds. The molecule has 11 heteroatoms. The minimum absolute atomic E-state index is 0.103. The number of benzene rings is 2. The minimum atomic E-state index is -0.651. The maximum absolute atomic E-state index is 12.4. The van der Waals surface area contributed by atoms with Crippen molar-refractivity contribution in [2.24, 2.45) is 0 Å². The molecule has 0 aliphatic carbocycles. The number of rotatable bonds is 10. The van der Waals surface area contributed by atoms with Gasteiger partial charge in [0.05, 0.1) is 45.1 Å². The zero-order valence-corrected chi connectivity index (χ0v) is 22.0. The zero-order valence-electron chi connectivity index (χ0n) is 20.5. The first-order chi connectivity index (χ1) is 17.2. The molecule has 0 radical (unpaired) electrons. The second-order valence-electron chi connectivity index (χ2n) is 7.11. The summed E-state index contributed by atoms with van der Waals surface area (Å²) in [7, 11) is 5.26. The van der Waals surface area contributed by atoms with Crippen molar-refractivity contribution in [3.63, 3.8) is 0 Å². The third kappa shape index (κ3) is 6.83. The van der Waals surface area contributed by atoms with Crippen molar-refractivity contribution >= 4 is 46.8 Å². The van der Waals surface area contributed by atoms with E-state index in [1.807, 2.05) is 0 Å². The lowest BCUT2D eigenvalue weighted by Gasteiger charge is -2.17. The fraction of sp³-hybridized carbons (Fsp3) is 0.320. The Morgan fingerprint density at radius 2 is 1.31 bits per heavy atom. The fourth-order valence-electron chi connectivity index (χ4n) is 3.41. The molecular formula is C25H27Cl2NO8. The lowest BCUT2D eigenvalue weighted by molar-refractivity contribution is 0.0588. The van der Waals surface area contributed by atoms with Crippen LogP contribution in [0.5, 0.6) is 11.5 Å². The number of carbonyl (C=O) groups is 3. The number of esters is 2. The molecule has 0 bridgehead atoms. The van der Waals surface area contributed by atoms with E-state index in [1.165, 1.54) is 28.4 Å². The van der Waals surface area contributed by atoms with E-state index in [4.69, 9.17) is 46.9 Å². The van der Waals surface area contributed by atoms with Gasteiger partial charge in [0, 0.05) is 6.54 Å². The third-order valence-electron chi connectivity index (χ3n) is 4.97. The number of nitrogens with one attached hydrogen (secondary N) is 1. The monoisotopic (exact) mass is 539 g/mol. The number of methoxy groups -OCH3 is 4. The van der Waals surface area contributed by atoms with Crippen molar-refractivity contribution in [1.82, 2.24) is 5.32 Å². The van der Waals surface area contributed by atoms with Gasteiger partial charge in [-0.3, -0.25) is 0 Å². The van der Waals surface area contributed by atoms with Gasteiger partial charge in [-0.2, -0.15) is 0 Å². The Morgan fingerprint density at radius 3 is 1.69 bits per heavy atom. The van der Waals surface area contributed by atoms with Gasteiger partial charge in [-0.05, 0) is 54.3 Å². The summed E-state index contributed by atoms with van der Waals surface area (Å²) < 4.78 is 25.2. The molecule has 2 aromatic carbocycles. The molecule has 194 valence electrons. The molecule has 2 rings (SSSR count). The van der Waals surface area contributed by atoms with Crippen LogP contribution in [-0.4, -0.2) is 59.6 Å². The summed E-state index contributed by atoms with van der Waals surface area (Å²) >= 11 is 12.9. The van der Waals surface area contributed by atoms with Gasteiger partial charge in [0.2, 0.25) is 0 Å². The number of amides is 1. The molecule has 0 aromatic heterocycles. The van der Waals surface area contributed by atoms with Crippen molar-refractivity contribution in [2.45, 2.75) is 13.3 Å². The summed E-state index contributed by atoms with van der Waals surface area (Å²) in [5.74, 6) is -0.999. The number of alkyl carbamates (subject to hydrolysis) is 1. The molecule has 9 nitrogen and oxygen atoms in total. The van der Waals surface area contributed by atoms with Crippen molar-refractivity contribution < 1.29 is 38.1 Å². The molecule has 0 spiro atoms. The van der Waals surface area contributed by atoms with E-state index < -0.39 is 18.0 Å². The van der Waals surface area contributed by atoms with Crippen LogP contribution in [0.4, 0.5) is 4.79 Å². The summed E-state index contributed by atoms with van der Waals surface area (Å²) in [4.78, 5) is 36.5. The molecule has 0 atom stereocenters. The molecule has 0 fully saturated rings. The molecule has 2 aromatic rings. The van der Waals surface area contributed by atoms with Gasteiger partial charge in [-0.15, -0.1) is 0 Å². The lowest BCUT2D eigenvalue weighted by Crippen LogP contribution is -2.24. The van der Waals surface area contributed by atoms with E-state index in [9.17, 15) is 14.4 Å². The molecule has 1 N–H and O–H groups in total. The second-order valence-corrected chi connectivity index (χ2v) is 7.93. The first-order valence-electron chi connectivity index (χ1n) is 10.7. The Morgan fingerprint density at radius 1 is 0.833 bits per heavy atom.